The Balaban J connectivity index is 1.78. The highest BCUT2D eigenvalue weighted by atomic mass is 19.1. The van der Waals surface area contributed by atoms with Crippen LogP contribution in [-0.2, 0) is 13.2 Å². The first-order chi connectivity index (χ1) is 17.4. The number of halogens is 1. The third-order valence-corrected chi connectivity index (χ3v) is 5.69. The molecule has 11 heteroatoms. The van der Waals surface area contributed by atoms with Gasteiger partial charge in [-0.25, -0.2) is 23.3 Å². The molecule has 0 amide bonds. The summed E-state index contributed by atoms with van der Waals surface area (Å²) < 4.78 is 21.9. The van der Waals surface area contributed by atoms with Crippen molar-refractivity contribution in [1.82, 2.24) is 29.1 Å². The van der Waals surface area contributed by atoms with Crippen LogP contribution in [-0.4, -0.2) is 41.3 Å². The highest BCUT2D eigenvalue weighted by Gasteiger charge is 2.23. The molecule has 0 aliphatic heterocycles. The van der Waals surface area contributed by atoms with Crippen LogP contribution in [0, 0.1) is 12.7 Å². The van der Waals surface area contributed by atoms with Crippen molar-refractivity contribution in [2.24, 2.45) is 0 Å². The standard InChI is InChI=1S/C25H22FN7O3/c1-14-8-16(9-17(13-34)29-14)21-22(15-6-4-3-5-7-15)30-24(27)33-23(21)31-32(25(33)35)12-20-19(26)10-18(36-2)11-28-20/h3-11,34H,12-13H2,1-2H3,(H2,27,30). The predicted octanol–water partition coefficient (Wildman–Crippen LogP) is 2.59. The molecule has 4 aromatic heterocycles. The molecule has 4 heterocycles. The van der Waals surface area contributed by atoms with Crippen molar-refractivity contribution in [1.29, 1.82) is 0 Å². The van der Waals surface area contributed by atoms with Gasteiger partial charge in [0, 0.05) is 17.3 Å². The number of benzene rings is 1. The van der Waals surface area contributed by atoms with Gasteiger partial charge in [-0.1, -0.05) is 30.3 Å². The van der Waals surface area contributed by atoms with Crippen LogP contribution in [0.1, 0.15) is 17.1 Å². The van der Waals surface area contributed by atoms with Gasteiger partial charge in [0.15, 0.2) is 5.65 Å². The summed E-state index contributed by atoms with van der Waals surface area (Å²) in [6.07, 6.45) is 1.37. The van der Waals surface area contributed by atoms with Crippen molar-refractivity contribution >= 4 is 11.6 Å². The number of ether oxygens (including phenoxy) is 1. The number of aromatic nitrogens is 6. The number of nitrogens with zero attached hydrogens (tertiary/aromatic N) is 6. The highest BCUT2D eigenvalue weighted by Crippen LogP contribution is 2.35. The first-order valence-electron chi connectivity index (χ1n) is 11.0. The molecular weight excluding hydrogens is 465 g/mol. The Labute approximate surface area is 204 Å². The smallest absolute Gasteiger partial charge is 0.353 e. The third kappa shape index (κ3) is 4.05. The van der Waals surface area contributed by atoms with E-state index in [4.69, 9.17) is 10.5 Å². The molecule has 0 bridgehead atoms. The fourth-order valence-electron chi connectivity index (χ4n) is 4.06. The fourth-order valence-corrected chi connectivity index (χ4v) is 4.06. The molecule has 0 unspecified atom stereocenters. The number of nitrogen functional groups attached to an aromatic ring is 1. The summed E-state index contributed by atoms with van der Waals surface area (Å²) in [7, 11) is 1.41. The summed E-state index contributed by atoms with van der Waals surface area (Å²) in [5.74, 6) is -0.443. The molecule has 10 nitrogen and oxygen atoms in total. The van der Waals surface area contributed by atoms with E-state index in [1.165, 1.54) is 23.8 Å². The summed E-state index contributed by atoms with van der Waals surface area (Å²) in [6.45, 7) is 1.31. The van der Waals surface area contributed by atoms with E-state index in [1.807, 2.05) is 36.4 Å². The van der Waals surface area contributed by atoms with Gasteiger partial charge < -0.3 is 15.6 Å². The van der Waals surface area contributed by atoms with E-state index in [9.17, 15) is 14.3 Å². The molecule has 1 aromatic carbocycles. The minimum absolute atomic E-state index is 0.0139. The fraction of sp³-hybridized carbons (Fsp3) is 0.160. The second-order valence-electron chi connectivity index (χ2n) is 8.11. The summed E-state index contributed by atoms with van der Waals surface area (Å²) in [6, 6.07) is 14.0. The van der Waals surface area contributed by atoms with E-state index < -0.39 is 11.5 Å². The number of hydrogen-bond donors (Lipinski definition) is 2. The lowest BCUT2D eigenvalue weighted by Gasteiger charge is -2.13. The van der Waals surface area contributed by atoms with Gasteiger partial charge in [-0.2, -0.15) is 0 Å². The number of pyridine rings is 2. The van der Waals surface area contributed by atoms with Gasteiger partial charge in [-0.15, -0.1) is 5.10 Å². The average molecular weight is 487 g/mol. The van der Waals surface area contributed by atoms with Crippen molar-refractivity contribution in [2.45, 2.75) is 20.1 Å². The van der Waals surface area contributed by atoms with Gasteiger partial charge in [0.25, 0.3) is 0 Å². The molecule has 3 N–H and O–H groups in total. The van der Waals surface area contributed by atoms with E-state index in [0.29, 0.717) is 28.2 Å². The molecule has 5 rings (SSSR count). The topological polar surface area (TPSA) is 133 Å². The first-order valence-corrected chi connectivity index (χ1v) is 11.0. The average Bonchev–Trinajstić information content (AvgIpc) is 3.21. The quantitative estimate of drug-likeness (QED) is 0.373. The Hall–Kier alpha value is -4.64. The maximum Gasteiger partial charge on any atom is 0.353 e. The van der Waals surface area contributed by atoms with E-state index in [0.717, 1.165) is 10.2 Å². The van der Waals surface area contributed by atoms with E-state index in [-0.39, 0.29) is 36.2 Å². The van der Waals surface area contributed by atoms with Crippen molar-refractivity contribution < 1.29 is 14.2 Å². The zero-order valence-electron chi connectivity index (χ0n) is 19.5. The molecule has 0 atom stereocenters. The van der Waals surface area contributed by atoms with Crippen LogP contribution in [0.15, 0.2) is 59.5 Å². The second-order valence-corrected chi connectivity index (χ2v) is 8.11. The highest BCUT2D eigenvalue weighted by molar-refractivity contribution is 5.90. The lowest BCUT2D eigenvalue weighted by molar-refractivity contribution is 0.276. The number of rotatable bonds is 6. The van der Waals surface area contributed by atoms with Crippen LogP contribution in [0.2, 0.25) is 0 Å². The number of nitrogens with two attached hydrogens (primary N) is 1. The normalized spacial score (nSPS) is 11.2. The molecule has 0 aliphatic carbocycles. The van der Waals surface area contributed by atoms with Gasteiger partial charge in [0.2, 0.25) is 5.95 Å². The van der Waals surface area contributed by atoms with Crippen molar-refractivity contribution in [3.8, 4) is 28.1 Å². The van der Waals surface area contributed by atoms with Crippen LogP contribution in [0.25, 0.3) is 28.0 Å². The minimum atomic E-state index is -0.632. The lowest BCUT2D eigenvalue weighted by atomic mass is 9.99. The van der Waals surface area contributed by atoms with Crippen LogP contribution >= 0.6 is 0 Å². The van der Waals surface area contributed by atoms with Crippen LogP contribution in [0.5, 0.6) is 5.75 Å². The lowest BCUT2D eigenvalue weighted by Crippen LogP contribution is -2.24. The molecular formula is C25H22FN7O3. The summed E-state index contributed by atoms with van der Waals surface area (Å²) >= 11 is 0. The summed E-state index contributed by atoms with van der Waals surface area (Å²) in [5.41, 5.74) is 9.43. The zero-order valence-corrected chi connectivity index (χ0v) is 19.5. The summed E-state index contributed by atoms with van der Waals surface area (Å²) in [5, 5.41) is 14.3. The number of methoxy groups -OCH3 is 1. The van der Waals surface area contributed by atoms with E-state index in [2.05, 4.69) is 20.1 Å². The molecule has 0 fully saturated rings. The number of hydrogen-bond acceptors (Lipinski definition) is 8. The van der Waals surface area contributed by atoms with Gasteiger partial charge >= 0.3 is 5.69 Å². The Morgan fingerprint density at radius 3 is 2.58 bits per heavy atom. The van der Waals surface area contributed by atoms with Gasteiger partial charge in [0.1, 0.15) is 11.6 Å². The van der Waals surface area contributed by atoms with E-state index in [1.54, 1.807) is 13.0 Å². The summed E-state index contributed by atoms with van der Waals surface area (Å²) in [4.78, 5) is 26.3. The number of fused-ring (bicyclic) bond motifs is 1. The first kappa shape index (κ1) is 23.1. The molecule has 0 saturated carbocycles. The van der Waals surface area contributed by atoms with Gasteiger partial charge in [-0.05, 0) is 24.6 Å². The Bertz CT molecular complexity index is 1650. The molecule has 0 saturated heterocycles. The van der Waals surface area contributed by atoms with Gasteiger partial charge in [0.05, 0.1) is 49.1 Å². The number of aliphatic hydroxyl groups excluding tert-OH is 1. The van der Waals surface area contributed by atoms with E-state index >= 15 is 0 Å². The Morgan fingerprint density at radius 1 is 1.11 bits per heavy atom. The maximum atomic E-state index is 14.6. The monoisotopic (exact) mass is 487 g/mol. The van der Waals surface area contributed by atoms with Crippen LogP contribution in [0.3, 0.4) is 0 Å². The maximum absolute atomic E-state index is 14.6. The third-order valence-electron chi connectivity index (χ3n) is 5.69. The molecule has 0 spiro atoms. The molecule has 36 heavy (non-hydrogen) atoms. The van der Waals surface area contributed by atoms with Crippen LogP contribution < -0.4 is 16.2 Å². The Morgan fingerprint density at radius 2 is 1.89 bits per heavy atom. The Kier molecular flexibility index (Phi) is 5.90. The van der Waals surface area contributed by atoms with Crippen LogP contribution in [0.4, 0.5) is 10.3 Å². The molecule has 0 radical (unpaired) electrons. The largest absolute Gasteiger partial charge is 0.495 e. The number of aliphatic hydroxyl groups is 1. The molecule has 182 valence electrons. The van der Waals surface area contributed by atoms with Gasteiger partial charge in [-0.3, -0.25) is 9.97 Å². The van der Waals surface area contributed by atoms with Crippen molar-refractivity contribution in [3.05, 3.63) is 88.1 Å². The van der Waals surface area contributed by atoms with Crippen molar-refractivity contribution in [3.63, 3.8) is 0 Å². The minimum Gasteiger partial charge on any atom is -0.495 e. The van der Waals surface area contributed by atoms with Crippen molar-refractivity contribution in [2.75, 3.05) is 12.8 Å². The number of anilines is 1. The number of aryl methyl sites for hydroxylation is 1. The molecule has 5 aromatic rings. The SMILES string of the molecule is COc1cnc(Cn2nc3c(-c4cc(C)nc(CO)c4)c(-c4ccccc4)nc(N)n3c2=O)c(F)c1. The molecule has 0 aliphatic rings. The second kappa shape index (κ2) is 9.19. The zero-order chi connectivity index (χ0) is 25.4. The predicted molar refractivity (Wildman–Crippen MR) is 131 cm³/mol.